The van der Waals surface area contributed by atoms with Gasteiger partial charge in [0, 0.05) is 31.1 Å². The smallest absolute Gasteiger partial charge is 0.253 e. The highest BCUT2D eigenvalue weighted by atomic mass is 16.5. The van der Waals surface area contributed by atoms with Crippen molar-refractivity contribution >= 4 is 23.2 Å². The summed E-state index contributed by atoms with van der Waals surface area (Å²) < 4.78 is 10.6. The van der Waals surface area contributed by atoms with Crippen molar-refractivity contribution in [3.63, 3.8) is 0 Å². The highest BCUT2D eigenvalue weighted by molar-refractivity contribution is 5.95. The van der Waals surface area contributed by atoms with E-state index in [0.29, 0.717) is 37.7 Å². The molecule has 2 amide bonds. The zero-order valence-corrected chi connectivity index (χ0v) is 13.6. The maximum Gasteiger partial charge on any atom is 0.253 e. The number of anilines is 2. The Morgan fingerprint density at radius 2 is 1.71 bits per heavy atom. The third-order valence-electron chi connectivity index (χ3n) is 4.13. The van der Waals surface area contributed by atoms with Crippen molar-refractivity contribution in [2.75, 3.05) is 50.1 Å². The first kappa shape index (κ1) is 16.9. The number of benzene rings is 1. The van der Waals surface area contributed by atoms with E-state index in [1.807, 2.05) is 0 Å². The van der Waals surface area contributed by atoms with Gasteiger partial charge in [0.25, 0.3) is 5.91 Å². The molecular formula is C17H23N3O4. The second-order valence-corrected chi connectivity index (χ2v) is 6.00. The monoisotopic (exact) mass is 333 g/mol. The summed E-state index contributed by atoms with van der Waals surface area (Å²) in [7, 11) is 0. The van der Waals surface area contributed by atoms with Crippen molar-refractivity contribution in [2.45, 2.75) is 18.9 Å². The number of ether oxygens (including phenoxy) is 2. The topological polar surface area (TPSA) is 79.9 Å². The Morgan fingerprint density at radius 3 is 2.33 bits per heavy atom. The Hall–Kier alpha value is -1.96. The van der Waals surface area contributed by atoms with Gasteiger partial charge in [-0.25, -0.2) is 0 Å². The Balaban J connectivity index is 1.46. The van der Waals surface area contributed by atoms with E-state index in [0.717, 1.165) is 25.9 Å². The molecule has 7 heteroatoms. The number of carbonyl (C=O) groups excluding carboxylic acids is 2. The number of amides is 2. The van der Waals surface area contributed by atoms with Crippen molar-refractivity contribution < 1.29 is 19.1 Å². The van der Waals surface area contributed by atoms with Crippen LogP contribution in [0.15, 0.2) is 24.3 Å². The van der Waals surface area contributed by atoms with Crippen molar-refractivity contribution in [1.29, 1.82) is 0 Å². The minimum atomic E-state index is -0.349. The Morgan fingerprint density at radius 1 is 1.04 bits per heavy atom. The fraction of sp³-hybridized carbons (Fsp3) is 0.529. The molecule has 0 radical (unpaired) electrons. The first-order valence-electron chi connectivity index (χ1n) is 8.33. The average molecular weight is 333 g/mol. The molecule has 3 rings (SSSR count). The van der Waals surface area contributed by atoms with E-state index in [1.165, 1.54) is 0 Å². The van der Waals surface area contributed by atoms with Crippen LogP contribution in [0.4, 0.5) is 11.4 Å². The normalized spacial score (nSPS) is 21.4. The van der Waals surface area contributed by atoms with Crippen LogP contribution in [-0.2, 0) is 19.1 Å². The van der Waals surface area contributed by atoms with E-state index in [-0.39, 0.29) is 17.9 Å². The molecule has 0 spiro atoms. The number of nitrogens with zero attached hydrogens (tertiary/aromatic N) is 1. The molecular weight excluding hydrogens is 310 g/mol. The Labute approximate surface area is 141 Å². The second-order valence-electron chi connectivity index (χ2n) is 6.00. The molecule has 0 aromatic heterocycles. The predicted octanol–water partition coefficient (Wildman–Crippen LogP) is 1.07. The van der Waals surface area contributed by atoms with Gasteiger partial charge in [0.2, 0.25) is 5.91 Å². The summed E-state index contributed by atoms with van der Waals surface area (Å²) in [6, 6.07) is 7.11. The molecule has 1 unspecified atom stereocenters. The number of nitrogens with one attached hydrogen (secondary N) is 2. The zero-order valence-electron chi connectivity index (χ0n) is 13.6. The van der Waals surface area contributed by atoms with E-state index >= 15 is 0 Å². The van der Waals surface area contributed by atoms with Crippen molar-refractivity contribution in [3.8, 4) is 0 Å². The van der Waals surface area contributed by atoms with Crippen LogP contribution in [0.25, 0.3) is 0 Å². The molecule has 24 heavy (non-hydrogen) atoms. The number of hydrogen-bond donors (Lipinski definition) is 2. The SMILES string of the molecule is O=C(CN1CCOCC1)Nc1ccc(NC(=O)C2CCCO2)cc1. The van der Waals surface area contributed by atoms with Gasteiger partial charge >= 0.3 is 0 Å². The lowest BCUT2D eigenvalue weighted by Crippen LogP contribution is -2.41. The molecule has 2 fully saturated rings. The van der Waals surface area contributed by atoms with E-state index in [9.17, 15) is 9.59 Å². The van der Waals surface area contributed by atoms with Gasteiger partial charge in [-0.05, 0) is 37.1 Å². The van der Waals surface area contributed by atoms with Gasteiger partial charge < -0.3 is 20.1 Å². The number of carbonyl (C=O) groups is 2. The summed E-state index contributed by atoms with van der Waals surface area (Å²) in [6.07, 6.45) is 1.34. The standard InChI is InChI=1S/C17H23N3O4/c21-16(12-20-7-10-23-11-8-20)18-13-3-5-14(6-4-13)19-17(22)15-2-1-9-24-15/h3-6,15H,1-2,7-12H2,(H,18,21)(H,19,22). The van der Waals surface area contributed by atoms with Crippen molar-refractivity contribution in [2.24, 2.45) is 0 Å². The molecule has 1 atom stereocenters. The van der Waals surface area contributed by atoms with Crippen molar-refractivity contribution in [3.05, 3.63) is 24.3 Å². The van der Waals surface area contributed by atoms with Gasteiger partial charge in [-0.15, -0.1) is 0 Å². The molecule has 2 saturated heterocycles. The summed E-state index contributed by atoms with van der Waals surface area (Å²) in [4.78, 5) is 26.1. The average Bonchev–Trinajstić information content (AvgIpc) is 3.12. The Bertz CT molecular complexity index is 564. The molecule has 0 saturated carbocycles. The van der Waals surface area contributed by atoms with Crippen LogP contribution in [0.1, 0.15) is 12.8 Å². The fourth-order valence-corrected chi connectivity index (χ4v) is 2.81. The van der Waals surface area contributed by atoms with Crippen LogP contribution in [-0.4, -0.2) is 62.3 Å². The summed E-state index contributed by atoms with van der Waals surface area (Å²) in [5, 5.41) is 5.70. The van der Waals surface area contributed by atoms with Gasteiger partial charge in [0.05, 0.1) is 19.8 Å². The maximum atomic E-state index is 12.0. The lowest BCUT2D eigenvalue weighted by Gasteiger charge is -2.25. The van der Waals surface area contributed by atoms with Crippen LogP contribution in [0.5, 0.6) is 0 Å². The van der Waals surface area contributed by atoms with Crippen LogP contribution in [0.2, 0.25) is 0 Å². The number of rotatable bonds is 5. The molecule has 2 N–H and O–H groups in total. The van der Waals surface area contributed by atoms with E-state index in [4.69, 9.17) is 9.47 Å². The first-order chi connectivity index (χ1) is 11.7. The van der Waals surface area contributed by atoms with Crippen LogP contribution in [0.3, 0.4) is 0 Å². The lowest BCUT2D eigenvalue weighted by molar-refractivity contribution is -0.124. The summed E-state index contributed by atoms with van der Waals surface area (Å²) >= 11 is 0. The summed E-state index contributed by atoms with van der Waals surface area (Å²) in [6.45, 7) is 3.91. The molecule has 1 aromatic carbocycles. The Kier molecular flexibility index (Phi) is 5.79. The first-order valence-corrected chi connectivity index (χ1v) is 8.33. The van der Waals surface area contributed by atoms with E-state index in [2.05, 4.69) is 15.5 Å². The minimum Gasteiger partial charge on any atom is -0.379 e. The van der Waals surface area contributed by atoms with E-state index in [1.54, 1.807) is 24.3 Å². The molecule has 130 valence electrons. The molecule has 0 aliphatic carbocycles. The van der Waals surface area contributed by atoms with Gasteiger partial charge in [0.1, 0.15) is 6.10 Å². The third kappa shape index (κ3) is 4.77. The molecule has 2 heterocycles. The van der Waals surface area contributed by atoms with Gasteiger partial charge in [-0.3, -0.25) is 14.5 Å². The molecule has 1 aromatic rings. The maximum absolute atomic E-state index is 12.0. The molecule has 0 bridgehead atoms. The van der Waals surface area contributed by atoms with Crippen molar-refractivity contribution in [1.82, 2.24) is 4.90 Å². The highest BCUT2D eigenvalue weighted by Crippen LogP contribution is 2.17. The van der Waals surface area contributed by atoms with E-state index < -0.39 is 0 Å². The minimum absolute atomic E-state index is 0.0481. The quantitative estimate of drug-likeness (QED) is 0.843. The lowest BCUT2D eigenvalue weighted by atomic mass is 10.2. The second kappa shape index (κ2) is 8.23. The summed E-state index contributed by atoms with van der Waals surface area (Å²) in [5.41, 5.74) is 1.41. The van der Waals surface area contributed by atoms with Crippen LogP contribution < -0.4 is 10.6 Å². The van der Waals surface area contributed by atoms with Gasteiger partial charge in [0.15, 0.2) is 0 Å². The molecule has 2 aliphatic heterocycles. The molecule has 7 nitrogen and oxygen atoms in total. The zero-order chi connectivity index (χ0) is 16.8. The van der Waals surface area contributed by atoms with Crippen LogP contribution in [0, 0.1) is 0 Å². The highest BCUT2D eigenvalue weighted by Gasteiger charge is 2.23. The number of morpholine rings is 1. The number of hydrogen-bond acceptors (Lipinski definition) is 5. The molecule has 2 aliphatic rings. The summed E-state index contributed by atoms with van der Waals surface area (Å²) in [5.74, 6) is -0.162. The van der Waals surface area contributed by atoms with Gasteiger partial charge in [-0.1, -0.05) is 0 Å². The predicted molar refractivity (Wildman–Crippen MR) is 89.9 cm³/mol. The van der Waals surface area contributed by atoms with Gasteiger partial charge in [-0.2, -0.15) is 0 Å². The van der Waals surface area contributed by atoms with Crippen LogP contribution >= 0.6 is 0 Å². The third-order valence-corrected chi connectivity index (χ3v) is 4.13. The fourth-order valence-electron chi connectivity index (χ4n) is 2.81. The largest absolute Gasteiger partial charge is 0.379 e.